The normalized spacial score (nSPS) is 10.8. The smallest absolute Gasteiger partial charge is 0.254 e. The van der Waals surface area contributed by atoms with Crippen LogP contribution in [-0.4, -0.2) is 57.2 Å². The molecule has 0 aliphatic carbocycles. The first kappa shape index (κ1) is 21.2. The molecule has 0 fully saturated rings. The summed E-state index contributed by atoms with van der Waals surface area (Å²) in [4.78, 5) is 25.7. The Labute approximate surface area is 175 Å². The standard InChI is InChI=1S/C20H27N9O/c1-13(2)27-16-9-18(24-12-15(16)20(30)23-7-4-6-21-3)28-17-5-8-22-19(29-17)14-10-25-26-11-14/h5,8-13,21H,4,6-7H2,1-3H3,(H,23,30)(H,25,26)(H2,22,24,27,28,29). The summed E-state index contributed by atoms with van der Waals surface area (Å²) in [5, 5.41) is 19.2. The number of carbonyl (C=O) groups is 1. The number of hydrogen-bond donors (Lipinski definition) is 5. The lowest BCUT2D eigenvalue weighted by molar-refractivity contribution is 0.0953. The van der Waals surface area contributed by atoms with Crippen molar-refractivity contribution in [1.82, 2.24) is 35.8 Å². The molecule has 0 aliphatic heterocycles. The van der Waals surface area contributed by atoms with Crippen LogP contribution in [0.1, 0.15) is 30.6 Å². The first-order chi connectivity index (χ1) is 14.6. The molecule has 0 spiro atoms. The van der Waals surface area contributed by atoms with Gasteiger partial charge >= 0.3 is 0 Å². The summed E-state index contributed by atoms with van der Waals surface area (Å²) in [5.74, 6) is 1.56. The molecule has 0 bridgehead atoms. The fourth-order valence-corrected chi connectivity index (χ4v) is 2.77. The van der Waals surface area contributed by atoms with Crippen molar-refractivity contribution >= 4 is 23.2 Å². The van der Waals surface area contributed by atoms with Gasteiger partial charge in [-0.25, -0.2) is 15.0 Å². The van der Waals surface area contributed by atoms with E-state index in [2.05, 4.69) is 46.4 Å². The number of aromatic amines is 1. The Balaban J connectivity index is 1.77. The van der Waals surface area contributed by atoms with E-state index in [9.17, 15) is 4.79 Å². The Hall–Kier alpha value is -3.53. The topological polar surface area (TPSA) is 133 Å². The third kappa shape index (κ3) is 5.74. The van der Waals surface area contributed by atoms with Crippen LogP contribution in [-0.2, 0) is 0 Å². The molecule has 5 N–H and O–H groups in total. The summed E-state index contributed by atoms with van der Waals surface area (Å²) in [6.45, 7) is 5.48. The zero-order valence-corrected chi connectivity index (χ0v) is 17.4. The van der Waals surface area contributed by atoms with Crippen molar-refractivity contribution in [2.45, 2.75) is 26.3 Å². The average Bonchev–Trinajstić information content (AvgIpc) is 3.26. The maximum absolute atomic E-state index is 12.6. The number of H-pyrrole nitrogens is 1. The lowest BCUT2D eigenvalue weighted by Gasteiger charge is -2.16. The van der Waals surface area contributed by atoms with E-state index in [4.69, 9.17) is 0 Å². The van der Waals surface area contributed by atoms with Crippen LogP contribution in [0.5, 0.6) is 0 Å². The Bertz CT molecular complexity index is 957. The Kier molecular flexibility index (Phi) is 7.28. The molecule has 3 rings (SSSR count). The number of rotatable bonds is 10. The van der Waals surface area contributed by atoms with Crippen LogP contribution in [0.4, 0.5) is 17.3 Å². The molecule has 0 atom stereocenters. The molecule has 10 heteroatoms. The van der Waals surface area contributed by atoms with Crippen molar-refractivity contribution in [3.63, 3.8) is 0 Å². The first-order valence-corrected chi connectivity index (χ1v) is 9.85. The Morgan fingerprint density at radius 1 is 1.17 bits per heavy atom. The summed E-state index contributed by atoms with van der Waals surface area (Å²) in [7, 11) is 1.89. The molecule has 3 heterocycles. The van der Waals surface area contributed by atoms with Gasteiger partial charge in [-0.2, -0.15) is 5.10 Å². The largest absolute Gasteiger partial charge is 0.382 e. The Morgan fingerprint density at radius 2 is 2.03 bits per heavy atom. The zero-order valence-electron chi connectivity index (χ0n) is 17.4. The lowest BCUT2D eigenvalue weighted by Crippen LogP contribution is -2.28. The molecule has 30 heavy (non-hydrogen) atoms. The Morgan fingerprint density at radius 3 is 2.77 bits per heavy atom. The number of nitrogens with zero attached hydrogens (tertiary/aromatic N) is 4. The fourth-order valence-electron chi connectivity index (χ4n) is 2.77. The van der Waals surface area contributed by atoms with Gasteiger partial charge in [-0.3, -0.25) is 9.89 Å². The van der Waals surface area contributed by atoms with Gasteiger partial charge in [0.2, 0.25) is 0 Å². The van der Waals surface area contributed by atoms with Gasteiger partial charge in [0.1, 0.15) is 11.6 Å². The highest BCUT2D eigenvalue weighted by atomic mass is 16.1. The summed E-state index contributed by atoms with van der Waals surface area (Å²) in [5.41, 5.74) is 2.00. The van der Waals surface area contributed by atoms with Gasteiger partial charge in [0.25, 0.3) is 5.91 Å². The van der Waals surface area contributed by atoms with Crippen molar-refractivity contribution in [2.75, 3.05) is 30.8 Å². The van der Waals surface area contributed by atoms with E-state index in [1.165, 1.54) is 0 Å². The number of pyridine rings is 1. The molecule has 0 saturated heterocycles. The second-order valence-electron chi connectivity index (χ2n) is 7.00. The predicted molar refractivity (Wildman–Crippen MR) is 117 cm³/mol. The lowest BCUT2D eigenvalue weighted by atomic mass is 10.2. The van der Waals surface area contributed by atoms with E-state index in [1.54, 1.807) is 30.9 Å². The number of carbonyl (C=O) groups excluding carboxylic acids is 1. The predicted octanol–water partition coefficient (Wildman–Crippen LogP) is 2.16. The van der Waals surface area contributed by atoms with Gasteiger partial charge < -0.3 is 21.3 Å². The van der Waals surface area contributed by atoms with Crippen LogP contribution in [0.15, 0.2) is 36.9 Å². The molecule has 0 aromatic carbocycles. The van der Waals surface area contributed by atoms with Crippen molar-refractivity contribution in [2.24, 2.45) is 0 Å². The molecular formula is C20H27N9O. The molecule has 0 unspecified atom stereocenters. The fraction of sp³-hybridized carbons (Fsp3) is 0.350. The minimum Gasteiger partial charge on any atom is -0.382 e. The minimum absolute atomic E-state index is 0.155. The molecule has 0 radical (unpaired) electrons. The summed E-state index contributed by atoms with van der Waals surface area (Å²) in [6, 6.07) is 3.72. The van der Waals surface area contributed by atoms with E-state index in [0.29, 0.717) is 35.3 Å². The van der Waals surface area contributed by atoms with Crippen LogP contribution in [0.2, 0.25) is 0 Å². The van der Waals surface area contributed by atoms with E-state index >= 15 is 0 Å². The van der Waals surface area contributed by atoms with Gasteiger partial charge in [0.05, 0.1) is 23.0 Å². The van der Waals surface area contributed by atoms with Crippen molar-refractivity contribution in [3.8, 4) is 11.4 Å². The second-order valence-corrected chi connectivity index (χ2v) is 7.00. The quantitative estimate of drug-likeness (QED) is 0.322. The maximum atomic E-state index is 12.6. The average molecular weight is 409 g/mol. The number of aromatic nitrogens is 5. The number of anilines is 3. The molecule has 158 valence electrons. The second kappa shape index (κ2) is 10.3. The highest BCUT2D eigenvalue weighted by Gasteiger charge is 2.14. The SMILES string of the molecule is CNCCCNC(=O)c1cnc(Nc2ccnc(-c3cn[nH]c3)n2)cc1NC(C)C. The van der Waals surface area contributed by atoms with Crippen LogP contribution in [0.25, 0.3) is 11.4 Å². The van der Waals surface area contributed by atoms with E-state index in [-0.39, 0.29) is 11.9 Å². The van der Waals surface area contributed by atoms with Gasteiger partial charge in [0.15, 0.2) is 5.82 Å². The number of nitrogens with one attached hydrogen (secondary N) is 5. The maximum Gasteiger partial charge on any atom is 0.254 e. The van der Waals surface area contributed by atoms with Crippen LogP contribution in [0.3, 0.4) is 0 Å². The molecule has 0 saturated carbocycles. The molecule has 3 aromatic rings. The number of hydrogen-bond acceptors (Lipinski definition) is 8. The van der Waals surface area contributed by atoms with E-state index in [0.717, 1.165) is 18.5 Å². The van der Waals surface area contributed by atoms with Crippen LogP contribution < -0.4 is 21.3 Å². The minimum atomic E-state index is -0.155. The monoisotopic (exact) mass is 409 g/mol. The van der Waals surface area contributed by atoms with Crippen LogP contribution in [0, 0.1) is 0 Å². The van der Waals surface area contributed by atoms with Crippen molar-refractivity contribution in [3.05, 3.63) is 42.5 Å². The third-order valence-corrected chi connectivity index (χ3v) is 4.15. The first-order valence-electron chi connectivity index (χ1n) is 9.85. The van der Waals surface area contributed by atoms with E-state index < -0.39 is 0 Å². The zero-order chi connectivity index (χ0) is 21.3. The third-order valence-electron chi connectivity index (χ3n) is 4.15. The molecular weight excluding hydrogens is 382 g/mol. The number of amides is 1. The summed E-state index contributed by atoms with van der Waals surface area (Å²) < 4.78 is 0. The van der Waals surface area contributed by atoms with Gasteiger partial charge in [0, 0.05) is 37.2 Å². The van der Waals surface area contributed by atoms with Gasteiger partial charge in [-0.1, -0.05) is 0 Å². The highest BCUT2D eigenvalue weighted by Crippen LogP contribution is 2.23. The van der Waals surface area contributed by atoms with Gasteiger partial charge in [-0.15, -0.1) is 0 Å². The van der Waals surface area contributed by atoms with Crippen molar-refractivity contribution < 1.29 is 4.79 Å². The molecule has 1 amide bonds. The molecule has 10 nitrogen and oxygen atoms in total. The molecule has 0 aliphatic rings. The van der Waals surface area contributed by atoms with E-state index in [1.807, 2.05) is 27.0 Å². The summed E-state index contributed by atoms with van der Waals surface area (Å²) in [6.07, 6.45) is 7.48. The highest BCUT2D eigenvalue weighted by molar-refractivity contribution is 5.99. The molecule has 3 aromatic heterocycles. The van der Waals surface area contributed by atoms with Crippen molar-refractivity contribution in [1.29, 1.82) is 0 Å². The van der Waals surface area contributed by atoms with Gasteiger partial charge in [-0.05, 0) is 39.9 Å². The summed E-state index contributed by atoms with van der Waals surface area (Å²) >= 11 is 0. The van der Waals surface area contributed by atoms with Crippen LogP contribution >= 0.6 is 0 Å².